The van der Waals surface area contributed by atoms with Gasteiger partial charge in [-0.1, -0.05) is 6.07 Å². The summed E-state index contributed by atoms with van der Waals surface area (Å²) in [5.41, 5.74) is 2.90. The van der Waals surface area contributed by atoms with Gasteiger partial charge in [0, 0.05) is 25.3 Å². The lowest BCUT2D eigenvalue weighted by molar-refractivity contribution is 0.122. The first kappa shape index (κ1) is 18.1. The van der Waals surface area contributed by atoms with E-state index in [9.17, 15) is 8.42 Å². The van der Waals surface area contributed by atoms with Gasteiger partial charge in [0.25, 0.3) is 10.0 Å². The minimum absolute atomic E-state index is 0.288. The molecule has 0 aliphatic carbocycles. The Morgan fingerprint density at radius 3 is 2.48 bits per heavy atom. The van der Waals surface area contributed by atoms with Gasteiger partial charge in [-0.05, 0) is 55.3 Å². The van der Waals surface area contributed by atoms with Gasteiger partial charge < -0.3 is 14.4 Å². The van der Waals surface area contributed by atoms with Crippen molar-refractivity contribution >= 4 is 21.4 Å². The van der Waals surface area contributed by atoms with Gasteiger partial charge in [0.15, 0.2) is 0 Å². The van der Waals surface area contributed by atoms with Crippen LogP contribution in [0, 0.1) is 0 Å². The normalized spacial score (nSPS) is 17.1. The van der Waals surface area contributed by atoms with E-state index in [0.717, 1.165) is 36.4 Å². The predicted molar refractivity (Wildman–Crippen MR) is 105 cm³/mol. The molecule has 6 nitrogen and oxygen atoms in total. The summed E-state index contributed by atoms with van der Waals surface area (Å²) in [6, 6.07) is 12.8. The van der Waals surface area contributed by atoms with Crippen molar-refractivity contribution in [2.24, 2.45) is 0 Å². The highest BCUT2D eigenvalue weighted by molar-refractivity contribution is 7.92. The van der Waals surface area contributed by atoms with Gasteiger partial charge in [-0.2, -0.15) is 0 Å². The number of hydrogen-bond donors (Lipinski definition) is 0. The van der Waals surface area contributed by atoms with Gasteiger partial charge in [0.1, 0.15) is 5.75 Å². The molecular weight excluding hydrogens is 364 g/mol. The molecule has 2 aromatic carbocycles. The Labute approximate surface area is 160 Å². The number of sulfonamides is 1. The molecule has 2 aliphatic rings. The fourth-order valence-corrected chi connectivity index (χ4v) is 5.10. The number of fused-ring (bicyclic) bond motifs is 1. The zero-order valence-electron chi connectivity index (χ0n) is 15.4. The molecule has 2 heterocycles. The highest BCUT2D eigenvalue weighted by Crippen LogP contribution is 2.36. The van der Waals surface area contributed by atoms with Gasteiger partial charge in [-0.15, -0.1) is 0 Å². The Hall–Kier alpha value is -2.25. The highest BCUT2D eigenvalue weighted by Gasteiger charge is 2.31. The monoisotopic (exact) mass is 388 g/mol. The molecule has 7 heteroatoms. The van der Waals surface area contributed by atoms with Gasteiger partial charge in [0.2, 0.25) is 0 Å². The number of morpholine rings is 1. The average molecular weight is 388 g/mol. The standard InChI is InChI=1S/C20H24N2O4S/c1-2-26-18-5-7-19(8-6-18)27(23,24)22-10-9-16-3-4-17(15-20(16)22)21-11-13-25-14-12-21/h3-8,15H,2,9-14H2,1H3. The maximum Gasteiger partial charge on any atom is 0.264 e. The molecule has 0 unspecified atom stereocenters. The van der Waals surface area contributed by atoms with Crippen LogP contribution < -0.4 is 13.9 Å². The molecule has 0 N–H and O–H groups in total. The van der Waals surface area contributed by atoms with Crippen molar-refractivity contribution in [3.05, 3.63) is 48.0 Å². The lowest BCUT2D eigenvalue weighted by Crippen LogP contribution is -2.36. The summed E-state index contributed by atoms with van der Waals surface area (Å²) < 4.78 is 38.8. The summed E-state index contributed by atoms with van der Waals surface area (Å²) in [4.78, 5) is 2.53. The van der Waals surface area contributed by atoms with Crippen molar-refractivity contribution in [3.63, 3.8) is 0 Å². The first-order chi connectivity index (χ1) is 13.1. The molecule has 0 amide bonds. The van der Waals surface area contributed by atoms with E-state index in [1.807, 2.05) is 19.1 Å². The third-order valence-electron chi connectivity index (χ3n) is 5.02. The zero-order valence-corrected chi connectivity index (χ0v) is 16.2. The van der Waals surface area contributed by atoms with Crippen LogP contribution in [-0.4, -0.2) is 47.9 Å². The molecule has 0 radical (unpaired) electrons. The second kappa shape index (κ2) is 7.40. The number of ether oxygens (including phenoxy) is 2. The predicted octanol–water partition coefficient (Wildman–Crippen LogP) is 2.67. The number of nitrogens with zero attached hydrogens (tertiary/aromatic N) is 2. The third kappa shape index (κ3) is 3.49. The second-order valence-electron chi connectivity index (χ2n) is 6.64. The van der Waals surface area contributed by atoms with E-state index in [4.69, 9.17) is 9.47 Å². The van der Waals surface area contributed by atoms with Crippen molar-refractivity contribution < 1.29 is 17.9 Å². The summed E-state index contributed by atoms with van der Waals surface area (Å²) in [6.07, 6.45) is 0.731. The van der Waals surface area contributed by atoms with Crippen molar-refractivity contribution in [1.29, 1.82) is 0 Å². The smallest absolute Gasteiger partial charge is 0.264 e. The molecule has 0 aromatic heterocycles. The van der Waals surface area contributed by atoms with Crippen LogP contribution in [0.25, 0.3) is 0 Å². The molecule has 0 saturated carbocycles. The van der Waals surface area contributed by atoms with Crippen molar-refractivity contribution in [1.82, 2.24) is 0 Å². The lowest BCUT2D eigenvalue weighted by Gasteiger charge is -2.30. The molecule has 2 aliphatic heterocycles. The van der Waals surface area contributed by atoms with E-state index in [-0.39, 0.29) is 4.90 Å². The largest absolute Gasteiger partial charge is 0.494 e. The van der Waals surface area contributed by atoms with Gasteiger partial charge >= 0.3 is 0 Å². The van der Waals surface area contributed by atoms with Gasteiger partial charge in [0.05, 0.1) is 30.4 Å². The average Bonchev–Trinajstić information content (AvgIpc) is 3.13. The van der Waals surface area contributed by atoms with Crippen LogP contribution in [0.4, 0.5) is 11.4 Å². The van der Waals surface area contributed by atoms with Crippen LogP contribution >= 0.6 is 0 Å². The SMILES string of the molecule is CCOc1ccc(S(=O)(=O)N2CCc3ccc(N4CCOCC4)cc32)cc1. The number of hydrogen-bond acceptors (Lipinski definition) is 5. The highest BCUT2D eigenvalue weighted by atomic mass is 32.2. The maximum absolute atomic E-state index is 13.2. The van der Waals surface area contributed by atoms with Crippen molar-refractivity contribution in [3.8, 4) is 5.75 Å². The Kier molecular flexibility index (Phi) is 4.97. The topological polar surface area (TPSA) is 59.1 Å². The second-order valence-corrected chi connectivity index (χ2v) is 8.51. The summed E-state index contributed by atoms with van der Waals surface area (Å²) >= 11 is 0. The minimum Gasteiger partial charge on any atom is -0.494 e. The van der Waals surface area contributed by atoms with E-state index in [1.165, 1.54) is 4.31 Å². The molecule has 1 saturated heterocycles. The lowest BCUT2D eigenvalue weighted by atomic mass is 10.1. The number of rotatable bonds is 5. The third-order valence-corrected chi connectivity index (χ3v) is 6.85. The van der Waals surface area contributed by atoms with Crippen LogP contribution in [0.15, 0.2) is 47.4 Å². The molecule has 4 rings (SSSR count). The molecule has 0 bridgehead atoms. The van der Waals surface area contributed by atoms with E-state index >= 15 is 0 Å². The summed E-state index contributed by atoms with van der Waals surface area (Å²) in [5.74, 6) is 0.674. The Bertz CT molecular complexity index is 906. The molecule has 27 heavy (non-hydrogen) atoms. The Morgan fingerprint density at radius 1 is 1.04 bits per heavy atom. The molecule has 0 spiro atoms. The van der Waals surface area contributed by atoms with Crippen molar-refractivity contribution in [2.75, 3.05) is 48.7 Å². The minimum atomic E-state index is -3.60. The fourth-order valence-electron chi connectivity index (χ4n) is 3.61. The summed E-state index contributed by atoms with van der Waals surface area (Å²) in [5, 5.41) is 0. The Morgan fingerprint density at radius 2 is 1.78 bits per heavy atom. The van der Waals surface area contributed by atoms with E-state index in [0.29, 0.717) is 32.1 Å². The van der Waals surface area contributed by atoms with Crippen LogP contribution in [0.3, 0.4) is 0 Å². The summed E-state index contributed by atoms with van der Waals surface area (Å²) in [7, 11) is -3.60. The summed E-state index contributed by atoms with van der Waals surface area (Å²) in [6.45, 7) is 5.97. The van der Waals surface area contributed by atoms with Crippen LogP contribution in [0.1, 0.15) is 12.5 Å². The quantitative estimate of drug-likeness (QED) is 0.788. The zero-order chi connectivity index (χ0) is 18.9. The number of benzene rings is 2. The Balaban J connectivity index is 1.64. The first-order valence-corrected chi connectivity index (χ1v) is 10.7. The van der Waals surface area contributed by atoms with E-state index in [1.54, 1.807) is 24.3 Å². The molecule has 0 atom stereocenters. The molecule has 144 valence electrons. The maximum atomic E-state index is 13.2. The van der Waals surface area contributed by atoms with Crippen LogP contribution in [0.5, 0.6) is 5.75 Å². The molecule has 2 aromatic rings. The molecular formula is C20H24N2O4S. The molecule has 1 fully saturated rings. The fraction of sp³-hybridized carbons (Fsp3) is 0.400. The first-order valence-electron chi connectivity index (χ1n) is 9.31. The van der Waals surface area contributed by atoms with E-state index in [2.05, 4.69) is 11.0 Å². The van der Waals surface area contributed by atoms with Gasteiger partial charge in [-0.3, -0.25) is 4.31 Å². The van der Waals surface area contributed by atoms with Gasteiger partial charge in [-0.25, -0.2) is 8.42 Å². The van der Waals surface area contributed by atoms with Crippen molar-refractivity contribution in [2.45, 2.75) is 18.2 Å². The van der Waals surface area contributed by atoms with Crippen LogP contribution in [0.2, 0.25) is 0 Å². The van der Waals surface area contributed by atoms with E-state index < -0.39 is 10.0 Å². The van der Waals surface area contributed by atoms with Crippen LogP contribution in [-0.2, 0) is 21.2 Å². The number of anilines is 2.